The van der Waals surface area contributed by atoms with E-state index in [9.17, 15) is 14.4 Å². The molecule has 0 radical (unpaired) electrons. The average molecular weight is 707 g/mol. The molecule has 1 aromatic heterocycles. The van der Waals surface area contributed by atoms with Gasteiger partial charge in [-0.25, -0.2) is 9.78 Å². The summed E-state index contributed by atoms with van der Waals surface area (Å²) in [5.74, 6) is -1.63. The van der Waals surface area contributed by atoms with Crippen LogP contribution in [0.15, 0.2) is 55.0 Å². The summed E-state index contributed by atoms with van der Waals surface area (Å²) >= 11 is 0. The Balaban J connectivity index is 1.83. The molecule has 1 aromatic carbocycles. The van der Waals surface area contributed by atoms with Crippen molar-refractivity contribution >= 4 is 17.9 Å². The Hall–Kier alpha value is -3.68. The van der Waals surface area contributed by atoms with Gasteiger partial charge in [0.15, 0.2) is 0 Å². The van der Waals surface area contributed by atoms with Crippen molar-refractivity contribution in [1.29, 1.82) is 0 Å². The van der Waals surface area contributed by atoms with Gasteiger partial charge in [0.25, 0.3) is 0 Å². The van der Waals surface area contributed by atoms with Crippen molar-refractivity contribution in [3.8, 4) is 0 Å². The molecular formula is C43H66N2O6. The van der Waals surface area contributed by atoms with Gasteiger partial charge in [0.1, 0.15) is 19.8 Å². The SMILES string of the molecule is CCCCC/C=C\C/C=C\CCCCCCCC(=O)OCC(COC(=O)CCc1cnc[nH]1)COC(=O)c1cc(C(C)(C)C)cc(C(C)(C)C)c1. The van der Waals surface area contributed by atoms with Gasteiger partial charge >= 0.3 is 17.9 Å². The van der Waals surface area contributed by atoms with Crippen LogP contribution in [-0.4, -0.2) is 47.7 Å². The summed E-state index contributed by atoms with van der Waals surface area (Å²) in [5.41, 5.74) is 3.10. The number of nitrogens with zero attached hydrogens (tertiary/aromatic N) is 1. The first-order chi connectivity index (χ1) is 24.3. The molecule has 0 fully saturated rings. The van der Waals surface area contributed by atoms with Crippen LogP contribution in [0.2, 0.25) is 0 Å². The van der Waals surface area contributed by atoms with Gasteiger partial charge in [0, 0.05) is 18.3 Å². The fourth-order valence-electron chi connectivity index (χ4n) is 5.34. The second kappa shape index (κ2) is 23.7. The van der Waals surface area contributed by atoms with Crippen LogP contribution in [0, 0.1) is 5.92 Å². The molecule has 51 heavy (non-hydrogen) atoms. The van der Waals surface area contributed by atoms with Gasteiger partial charge in [-0.2, -0.15) is 0 Å². The largest absolute Gasteiger partial charge is 0.465 e. The zero-order valence-corrected chi connectivity index (χ0v) is 32.7. The molecule has 0 aliphatic rings. The lowest BCUT2D eigenvalue weighted by molar-refractivity contribution is -0.149. The summed E-state index contributed by atoms with van der Waals surface area (Å²) in [6.45, 7) is 14.8. The van der Waals surface area contributed by atoms with Gasteiger partial charge in [-0.1, -0.05) is 111 Å². The van der Waals surface area contributed by atoms with E-state index in [0.717, 1.165) is 61.8 Å². The molecule has 0 amide bonds. The van der Waals surface area contributed by atoms with Crippen LogP contribution in [0.4, 0.5) is 0 Å². The van der Waals surface area contributed by atoms with E-state index >= 15 is 0 Å². The average Bonchev–Trinajstić information content (AvgIpc) is 3.61. The highest BCUT2D eigenvalue weighted by molar-refractivity contribution is 5.90. The van der Waals surface area contributed by atoms with Crippen LogP contribution < -0.4 is 0 Å². The molecule has 2 rings (SSSR count). The Bertz CT molecular complexity index is 1320. The number of rotatable bonds is 24. The van der Waals surface area contributed by atoms with Gasteiger partial charge in [-0.05, 0) is 79.0 Å². The molecule has 0 saturated heterocycles. The van der Waals surface area contributed by atoms with E-state index in [1.165, 1.54) is 25.7 Å². The molecule has 1 heterocycles. The lowest BCUT2D eigenvalue weighted by Crippen LogP contribution is -2.27. The second-order valence-electron chi connectivity index (χ2n) is 15.7. The number of allylic oxidation sites excluding steroid dienone is 4. The number of benzene rings is 1. The van der Waals surface area contributed by atoms with E-state index in [1.54, 1.807) is 12.5 Å². The van der Waals surface area contributed by atoms with E-state index in [-0.39, 0.29) is 49.0 Å². The van der Waals surface area contributed by atoms with E-state index in [1.807, 2.05) is 12.1 Å². The summed E-state index contributed by atoms with van der Waals surface area (Å²) < 4.78 is 16.9. The van der Waals surface area contributed by atoms with Crippen LogP contribution >= 0.6 is 0 Å². The summed E-state index contributed by atoms with van der Waals surface area (Å²) in [6, 6.07) is 5.91. The number of unbranched alkanes of at least 4 members (excludes halogenated alkanes) is 8. The van der Waals surface area contributed by atoms with Crippen molar-refractivity contribution in [2.24, 2.45) is 5.92 Å². The van der Waals surface area contributed by atoms with Crippen molar-refractivity contribution in [2.45, 2.75) is 149 Å². The Kier molecular flexibility index (Phi) is 20.2. The number of esters is 3. The third-order valence-electron chi connectivity index (χ3n) is 8.80. The summed E-state index contributed by atoms with van der Waals surface area (Å²) in [4.78, 5) is 45.4. The summed E-state index contributed by atoms with van der Waals surface area (Å²) in [6.07, 6.45) is 25.5. The highest BCUT2D eigenvalue weighted by atomic mass is 16.6. The van der Waals surface area contributed by atoms with Crippen molar-refractivity contribution in [2.75, 3.05) is 19.8 Å². The number of carbonyl (C=O) groups is 3. The van der Waals surface area contributed by atoms with Crippen LogP contribution in [0.1, 0.15) is 159 Å². The number of nitrogens with one attached hydrogen (secondary N) is 1. The maximum atomic E-state index is 13.3. The number of hydrogen-bond acceptors (Lipinski definition) is 7. The van der Waals surface area contributed by atoms with Crippen LogP contribution in [0.25, 0.3) is 0 Å². The molecule has 1 atom stereocenters. The van der Waals surface area contributed by atoms with Gasteiger partial charge in [-0.15, -0.1) is 0 Å². The molecule has 1 unspecified atom stereocenters. The molecule has 8 heteroatoms. The van der Waals surface area contributed by atoms with E-state index in [4.69, 9.17) is 14.2 Å². The molecule has 0 aliphatic heterocycles. The monoisotopic (exact) mass is 706 g/mol. The highest BCUT2D eigenvalue weighted by Crippen LogP contribution is 2.30. The number of hydrogen-bond donors (Lipinski definition) is 1. The number of aryl methyl sites for hydroxylation is 1. The highest BCUT2D eigenvalue weighted by Gasteiger charge is 2.24. The standard InChI is InChI=1S/C43H66N2O6/c1-8-9-10-11-12-13-14-15-16-17-18-19-20-21-22-23-39(46)49-30-34(31-50-40(47)25-24-38-29-44-33-45-38)32-51-41(48)35-26-36(42(2,3)4)28-37(27-35)43(5,6)7/h12-13,15-16,26-29,33-34H,8-11,14,17-25,30-32H2,1-7H3,(H,44,45)/b13-12-,16-15-. The zero-order valence-electron chi connectivity index (χ0n) is 32.7. The minimum Gasteiger partial charge on any atom is -0.465 e. The third kappa shape index (κ3) is 19.5. The number of ether oxygens (including phenoxy) is 3. The Morgan fingerprint density at radius 1 is 0.706 bits per heavy atom. The maximum Gasteiger partial charge on any atom is 0.338 e. The predicted octanol–water partition coefficient (Wildman–Crippen LogP) is 10.3. The smallest absolute Gasteiger partial charge is 0.338 e. The van der Waals surface area contributed by atoms with Crippen molar-refractivity contribution in [3.05, 3.63) is 77.4 Å². The minimum absolute atomic E-state index is 0.00449. The Morgan fingerprint density at radius 3 is 1.82 bits per heavy atom. The molecule has 0 aliphatic carbocycles. The molecule has 2 aromatic rings. The number of imidazole rings is 1. The van der Waals surface area contributed by atoms with E-state index in [0.29, 0.717) is 18.4 Å². The number of carbonyl (C=O) groups excluding carboxylic acids is 3. The normalized spacial score (nSPS) is 12.8. The molecule has 0 saturated carbocycles. The van der Waals surface area contributed by atoms with Gasteiger partial charge in [-0.3, -0.25) is 9.59 Å². The van der Waals surface area contributed by atoms with Gasteiger partial charge in [0.05, 0.1) is 24.2 Å². The molecule has 0 spiro atoms. The molecule has 284 valence electrons. The van der Waals surface area contributed by atoms with Crippen molar-refractivity contribution in [1.82, 2.24) is 9.97 Å². The van der Waals surface area contributed by atoms with Crippen molar-refractivity contribution in [3.63, 3.8) is 0 Å². The first-order valence-corrected chi connectivity index (χ1v) is 19.2. The molecule has 8 nitrogen and oxygen atoms in total. The molecule has 1 N–H and O–H groups in total. The Labute approximate surface area is 308 Å². The first kappa shape index (κ1) is 43.5. The van der Waals surface area contributed by atoms with E-state index in [2.05, 4.69) is 88.8 Å². The quantitative estimate of drug-likeness (QED) is 0.0501. The summed E-state index contributed by atoms with van der Waals surface area (Å²) in [5, 5.41) is 0. The predicted molar refractivity (Wildman–Crippen MR) is 206 cm³/mol. The van der Waals surface area contributed by atoms with Gasteiger partial charge < -0.3 is 19.2 Å². The molecule has 0 bridgehead atoms. The van der Waals surface area contributed by atoms with Crippen molar-refractivity contribution < 1.29 is 28.6 Å². The fourth-order valence-corrected chi connectivity index (χ4v) is 5.34. The molecular weight excluding hydrogens is 640 g/mol. The topological polar surface area (TPSA) is 108 Å². The zero-order chi connectivity index (χ0) is 37.5. The van der Waals surface area contributed by atoms with Crippen LogP contribution in [-0.2, 0) is 41.1 Å². The lowest BCUT2D eigenvalue weighted by atomic mass is 9.79. The van der Waals surface area contributed by atoms with Crippen LogP contribution in [0.3, 0.4) is 0 Å². The number of aromatic nitrogens is 2. The third-order valence-corrected chi connectivity index (χ3v) is 8.80. The fraction of sp³-hybridized carbons (Fsp3) is 0.628. The number of H-pyrrole nitrogens is 1. The second-order valence-corrected chi connectivity index (χ2v) is 15.7. The Morgan fingerprint density at radius 2 is 1.25 bits per heavy atom. The minimum atomic E-state index is -0.494. The summed E-state index contributed by atoms with van der Waals surface area (Å²) in [7, 11) is 0. The maximum absolute atomic E-state index is 13.3. The number of aromatic amines is 1. The van der Waals surface area contributed by atoms with E-state index < -0.39 is 11.9 Å². The van der Waals surface area contributed by atoms with Crippen LogP contribution in [0.5, 0.6) is 0 Å². The lowest BCUT2D eigenvalue weighted by Gasteiger charge is -2.26. The van der Waals surface area contributed by atoms with Gasteiger partial charge in [0.2, 0.25) is 0 Å². The first-order valence-electron chi connectivity index (χ1n) is 19.2.